The molecular weight excluding hydrogens is 138 g/mol. The van der Waals surface area contributed by atoms with E-state index in [0.29, 0.717) is 13.2 Å². The van der Waals surface area contributed by atoms with Gasteiger partial charge in [-0.3, -0.25) is 10.4 Å². The smallest absolute Gasteiger partial charge is 0.0969 e. The Bertz CT molecular complexity index is 68.7. The van der Waals surface area contributed by atoms with Gasteiger partial charge in [-0.15, -0.1) is 0 Å². The summed E-state index contributed by atoms with van der Waals surface area (Å²) in [6.07, 6.45) is 0.946. The van der Waals surface area contributed by atoms with Crippen molar-refractivity contribution in [2.24, 2.45) is 0 Å². The van der Waals surface area contributed by atoms with Crippen molar-refractivity contribution in [3.05, 3.63) is 0 Å². The minimum Gasteiger partial charge on any atom is -0.379 e. The van der Waals surface area contributed by atoms with Gasteiger partial charge in [-0.25, -0.2) is 4.84 Å². The molecule has 0 radical (unpaired) electrons. The van der Waals surface area contributed by atoms with Crippen LogP contribution in [-0.4, -0.2) is 35.6 Å². The molecule has 0 saturated carbocycles. The molecule has 0 aromatic heterocycles. The Morgan fingerprint density at radius 2 is 1.90 bits per heavy atom. The predicted octanol–water partition coefficient (Wildman–Crippen LogP) is 0.425. The van der Waals surface area contributed by atoms with E-state index in [-0.39, 0.29) is 12.0 Å². The molecule has 0 atom stereocenters. The van der Waals surface area contributed by atoms with Gasteiger partial charge in [0.1, 0.15) is 0 Å². The predicted molar refractivity (Wildman–Crippen MR) is 32.5 cm³/mol. The van der Waals surface area contributed by atoms with Crippen LogP contribution in [0, 0.1) is 0 Å². The molecule has 0 aliphatic heterocycles. The van der Waals surface area contributed by atoms with E-state index in [1.807, 2.05) is 6.92 Å². The first-order valence-corrected chi connectivity index (χ1v) is 3.16. The fourth-order valence-corrected chi connectivity index (χ4v) is 0.424. The van der Waals surface area contributed by atoms with E-state index < -0.39 is 0 Å². The van der Waals surface area contributed by atoms with Gasteiger partial charge < -0.3 is 4.74 Å². The second-order valence-electron chi connectivity index (χ2n) is 1.70. The summed E-state index contributed by atoms with van der Waals surface area (Å²) >= 11 is 0. The highest BCUT2D eigenvalue weighted by Crippen LogP contribution is 1.82. The lowest BCUT2D eigenvalue weighted by Gasteiger charge is -2.05. The molecular formula is C5H13NO4. The number of hydrogen-bond acceptors (Lipinski definition) is 5. The van der Waals surface area contributed by atoms with Gasteiger partial charge in [-0.1, -0.05) is 6.92 Å². The van der Waals surface area contributed by atoms with Crippen LogP contribution in [0.25, 0.3) is 0 Å². The van der Waals surface area contributed by atoms with E-state index in [1.54, 1.807) is 0 Å². The molecule has 5 nitrogen and oxygen atoms in total. The molecule has 0 aromatic rings. The normalized spacial score (nSPS) is 10.8. The standard InChI is InChI=1S/C5H13NO4/c1-2-3-9-4-5-10-6(7)8/h7-8H,2-5H2,1H3. The Morgan fingerprint density at radius 1 is 1.20 bits per heavy atom. The summed E-state index contributed by atoms with van der Waals surface area (Å²) in [5.74, 6) is 0. The zero-order chi connectivity index (χ0) is 7.82. The van der Waals surface area contributed by atoms with Gasteiger partial charge in [0.05, 0.1) is 18.6 Å². The molecule has 2 N–H and O–H groups in total. The van der Waals surface area contributed by atoms with Crippen molar-refractivity contribution >= 4 is 0 Å². The van der Waals surface area contributed by atoms with E-state index >= 15 is 0 Å². The molecule has 0 bridgehead atoms. The highest BCUT2D eigenvalue weighted by molar-refractivity contribution is 4.26. The lowest BCUT2D eigenvalue weighted by atomic mass is 10.5. The van der Waals surface area contributed by atoms with E-state index in [0.717, 1.165) is 6.42 Å². The highest BCUT2D eigenvalue weighted by atomic mass is 17.1. The van der Waals surface area contributed by atoms with Crippen LogP contribution in [0.4, 0.5) is 0 Å². The van der Waals surface area contributed by atoms with Crippen LogP contribution in [0.3, 0.4) is 0 Å². The highest BCUT2D eigenvalue weighted by Gasteiger charge is 1.92. The molecule has 0 spiro atoms. The van der Waals surface area contributed by atoms with Crippen LogP contribution >= 0.6 is 0 Å². The quantitative estimate of drug-likeness (QED) is 0.425. The van der Waals surface area contributed by atoms with Crippen LogP contribution in [0.15, 0.2) is 0 Å². The SMILES string of the molecule is CCCOCCON(O)O. The zero-order valence-electron chi connectivity index (χ0n) is 5.99. The molecule has 10 heavy (non-hydrogen) atoms. The Morgan fingerprint density at radius 3 is 2.40 bits per heavy atom. The van der Waals surface area contributed by atoms with Gasteiger partial charge in [0.2, 0.25) is 0 Å². The first-order chi connectivity index (χ1) is 4.77. The zero-order valence-corrected chi connectivity index (χ0v) is 5.99. The topological polar surface area (TPSA) is 62.2 Å². The van der Waals surface area contributed by atoms with Crippen molar-refractivity contribution in [2.75, 3.05) is 19.8 Å². The number of rotatable bonds is 6. The van der Waals surface area contributed by atoms with Crippen molar-refractivity contribution in [1.82, 2.24) is 5.39 Å². The summed E-state index contributed by atoms with van der Waals surface area (Å²) in [6, 6.07) is 0. The summed E-state index contributed by atoms with van der Waals surface area (Å²) in [4.78, 5) is 4.21. The molecule has 62 valence electrons. The van der Waals surface area contributed by atoms with E-state index in [9.17, 15) is 0 Å². The number of nitrogens with zero attached hydrogens (tertiary/aromatic N) is 1. The largest absolute Gasteiger partial charge is 0.379 e. The molecule has 0 heterocycles. The van der Waals surface area contributed by atoms with Gasteiger partial charge in [0.15, 0.2) is 0 Å². The summed E-state index contributed by atoms with van der Waals surface area (Å²) < 4.78 is 4.96. The number of hydrogen-bond donors (Lipinski definition) is 2. The molecule has 0 saturated heterocycles. The lowest BCUT2D eigenvalue weighted by molar-refractivity contribution is -0.493. The van der Waals surface area contributed by atoms with Crippen molar-refractivity contribution in [3.63, 3.8) is 0 Å². The molecule has 0 unspecified atom stereocenters. The van der Waals surface area contributed by atoms with Crippen molar-refractivity contribution in [2.45, 2.75) is 13.3 Å². The average molecular weight is 151 g/mol. The first kappa shape index (κ1) is 9.80. The lowest BCUT2D eigenvalue weighted by Crippen LogP contribution is -2.17. The first-order valence-electron chi connectivity index (χ1n) is 3.16. The molecule has 0 aliphatic rings. The number of ether oxygens (including phenoxy) is 1. The third-order valence-electron chi connectivity index (χ3n) is 0.783. The Balaban J connectivity index is 2.77. The van der Waals surface area contributed by atoms with Crippen LogP contribution in [0.5, 0.6) is 0 Å². The average Bonchev–Trinajstić information content (AvgIpc) is 1.87. The third-order valence-corrected chi connectivity index (χ3v) is 0.783. The van der Waals surface area contributed by atoms with Gasteiger partial charge in [0.25, 0.3) is 0 Å². The Hall–Kier alpha value is -0.200. The van der Waals surface area contributed by atoms with Crippen LogP contribution in [0.2, 0.25) is 0 Å². The molecule has 0 fully saturated rings. The summed E-state index contributed by atoms with van der Waals surface area (Å²) in [7, 11) is 0. The second-order valence-corrected chi connectivity index (χ2v) is 1.70. The Kier molecular flexibility index (Phi) is 6.78. The van der Waals surface area contributed by atoms with Crippen LogP contribution < -0.4 is 0 Å². The van der Waals surface area contributed by atoms with Crippen LogP contribution in [-0.2, 0) is 9.57 Å². The third kappa shape index (κ3) is 7.80. The van der Waals surface area contributed by atoms with E-state index in [2.05, 4.69) is 4.84 Å². The van der Waals surface area contributed by atoms with Crippen molar-refractivity contribution in [3.8, 4) is 0 Å². The molecule has 0 rings (SSSR count). The van der Waals surface area contributed by atoms with Crippen molar-refractivity contribution in [1.29, 1.82) is 0 Å². The van der Waals surface area contributed by atoms with E-state index in [1.165, 1.54) is 0 Å². The van der Waals surface area contributed by atoms with Crippen molar-refractivity contribution < 1.29 is 20.0 Å². The minimum absolute atomic E-state index is 0.146. The molecule has 5 heteroatoms. The van der Waals surface area contributed by atoms with E-state index in [4.69, 9.17) is 15.2 Å². The van der Waals surface area contributed by atoms with Gasteiger partial charge >= 0.3 is 0 Å². The monoisotopic (exact) mass is 151 g/mol. The van der Waals surface area contributed by atoms with Crippen LogP contribution in [0.1, 0.15) is 13.3 Å². The second kappa shape index (κ2) is 6.91. The maximum absolute atomic E-state index is 8.02. The summed E-state index contributed by atoms with van der Waals surface area (Å²) in [5.41, 5.74) is 0. The van der Waals surface area contributed by atoms with Gasteiger partial charge in [-0.2, -0.15) is 0 Å². The maximum Gasteiger partial charge on any atom is 0.0969 e. The molecule has 0 aromatic carbocycles. The van der Waals surface area contributed by atoms with Gasteiger partial charge in [-0.05, 0) is 6.42 Å². The fourth-order valence-electron chi connectivity index (χ4n) is 0.424. The Labute approximate surface area is 59.6 Å². The fraction of sp³-hybridized carbons (Fsp3) is 1.00. The summed E-state index contributed by atoms with van der Waals surface area (Å²) in [6.45, 7) is 3.17. The van der Waals surface area contributed by atoms with Gasteiger partial charge in [0, 0.05) is 6.61 Å². The molecule has 0 aliphatic carbocycles. The minimum atomic E-state index is -0.324. The maximum atomic E-state index is 8.02. The molecule has 0 amide bonds. The summed E-state index contributed by atoms with van der Waals surface area (Å²) in [5, 5.41) is 15.7.